The molecule has 1 atom stereocenters. The van der Waals surface area contributed by atoms with E-state index in [1.165, 1.54) is 18.5 Å². The van der Waals surface area contributed by atoms with Crippen molar-refractivity contribution in [1.82, 2.24) is 14.9 Å². The van der Waals surface area contributed by atoms with E-state index in [4.69, 9.17) is 0 Å². The number of aliphatic hydroxyl groups excluding tert-OH is 1. The molecule has 0 radical (unpaired) electrons. The maximum atomic E-state index is 13.0. The maximum absolute atomic E-state index is 13.0. The lowest BCUT2D eigenvalue weighted by atomic mass is 9.99. The van der Waals surface area contributed by atoms with Gasteiger partial charge in [-0.05, 0) is 37.0 Å². The summed E-state index contributed by atoms with van der Waals surface area (Å²) in [5.74, 6) is 1.41. The van der Waals surface area contributed by atoms with Crippen molar-refractivity contribution in [2.24, 2.45) is 5.92 Å². The number of carbonyl (C=O) groups excluding carboxylic acids is 1. The average Bonchev–Trinajstić information content (AvgIpc) is 2.83. The fourth-order valence-corrected chi connectivity index (χ4v) is 4.25. The summed E-state index contributed by atoms with van der Waals surface area (Å²) in [6.45, 7) is 3.64. The normalized spacial score (nSPS) is 19.9. The first-order chi connectivity index (χ1) is 15.3. The molecule has 3 heterocycles. The number of rotatable bonds is 4. The van der Waals surface area contributed by atoms with Crippen molar-refractivity contribution in [2.45, 2.75) is 19.0 Å². The Morgan fingerprint density at radius 2 is 1.75 bits per heavy atom. The van der Waals surface area contributed by atoms with Gasteiger partial charge >= 0.3 is 6.18 Å². The summed E-state index contributed by atoms with van der Waals surface area (Å²) < 4.78 is 38.9. The van der Waals surface area contributed by atoms with Crippen molar-refractivity contribution in [3.63, 3.8) is 0 Å². The van der Waals surface area contributed by atoms with E-state index in [0.717, 1.165) is 49.7 Å². The molecule has 32 heavy (non-hydrogen) atoms. The number of aliphatic hydroxyl groups is 1. The zero-order valence-corrected chi connectivity index (χ0v) is 17.6. The van der Waals surface area contributed by atoms with Crippen molar-refractivity contribution < 1.29 is 23.1 Å². The highest BCUT2D eigenvalue weighted by Crippen LogP contribution is 2.30. The van der Waals surface area contributed by atoms with Crippen LogP contribution in [0.4, 0.5) is 24.8 Å². The Balaban J connectivity index is 1.39. The number of anilines is 2. The van der Waals surface area contributed by atoms with Gasteiger partial charge in [0.2, 0.25) is 0 Å². The molecule has 2 fully saturated rings. The molecular formula is C22H26F3N5O2. The molecule has 172 valence electrons. The Morgan fingerprint density at radius 1 is 1.03 bits per heavy atom. The molecule has 1 unspecified atom stereocenters. The molecule has 1 amide bonds. The van der Waals surface area contributed by atoms with E-state index in [1.54, 1.807) is 4.90 Å². The van der Waals surface area contributed by atoms with Crippen molar-refractivity contribution >= 4 is 17.5 Å². The smallest absolute Gasteiger partial charge is 0.396 e. The van der Waals surface area contributed by atoms with Crippen LogP contribution in [0.25, 0.3) is 0 Å². The number of halogens is 3. The Hall–Kier alpha value is -2.88. The van der Waals surface area contributed by atoms with Gasteiger partial charge in [-0.25, -0.2) is 9.97 Å². The molecule has 2 saturated heterocycles. The average molecular weight is 449 g/mol. The minimum absolute atomic E-state index is 0.0427. The van der Waals surface area contributed by atoms with Crippen LogP contribution in [0.5, 0.6) is 0 Å². The zero-order valence-electron chi connectivity index (χ0n) is 17.6. The van der Waals surface area contributed by atoms with Crippen LogP contribution in [-0.4, -0.2) is 71.8 Å². The van der Waals surface area contributed by atoms with Crippen LogP contribution < -0.4 is 9.80 Å². The molecule has 10 heteroatoms. The minimum Gasteiger partial charge on any atom is -0.396 e. The summed E-state index contributed by atoms with van der Waals surface area (Å²) in [6.07, 6.45) is -0.952. The fraction of sp³-hybridized carbons (Fsp3) is 0.500. The lowest BCUT2D eigenvalue weighted by molar-refractivity contribution is -0.137. The van der Waals surface area contributed by atoms with Crippen LogP contribution in [0.15, 0.2) is 36.7 Å². The second-order valence-electron chi connectivity index (χ2n) is 8.23. The van der Waals surface area contributed by atoms with Crippen molar-refractivity contribution in [1.29, 1.82) is 0 Å². The van der Waals surface area contributed by atoms with Crippen LogP contribution in [-0.2, 0) is 6.18 Å². The highest BCUT2D eigenvalue weighted by molar-refractivity contribution is 5.94. The third-order valence-electron chi connectivity index (χ3n) is 6.07. The van der Waals surface area contributed by atoms with Gasteiger partial charge in [0.1, 0.15) is 18.0 Å². The van der Waals surface area contributed by atoms with Gasteiger partial charge in [0.05, 0.1) is 5.56 Å². The van der Waals surface area contributed by atoms with Gasteiger partial charge in [-0.1, -0.05) is 6.07 Å². The standard InChI is InChI=1S/C22H26F3N5O2/c23-22(24,25)18-5-1-4-17(11-18)21(32)29-9-7-28(8-10-29)19-12-20(27-15-26-19)30-6-2-3-16(13-30)14-31/h1,4-5,11-12,15-16,31H,2-3,6-10,13-14H2. The number of nitrogens with zero attached hydrogens (tertiary/aromatic N) is 5. The molecule has 1 aromatic heterocycles. The highest BCUT2D eigenvalue weighted by atomic mass is 19.4. The first kappa shape index (κ1) is 22.3. The summed E-state index contributed by atoms with van der Waals surface area (Å²) in [5, 5.41) is 9.47. The number of piperazine rings is 1. The van der Waals surface area contributed by atoms with Crippen molar-refractivity contribution in [3.05, 3.63) is 47.8 Å². The number of aromatic nitrogens is 2. The number of amides is 1. The zero-order chi connectivity index (χ0) is 22.7. The predicted molar refractivity (Wildman–Crippen MR) is 114 cm³/mol. The molecule has 1 N–H and O–H groups in total. The highest BCUT2D eigenvalue weighted by Gasteiger charge is 2.32. The second kappa shape index (κ2) is 9.32. The van der Waals surface area contributed by atoms with Gasteiger partial charge in [-0.2, -0.15) is 13.2 Å². The van der Waals surface area contributed by atoms with E-state index in [1.807, 2.05) is 6.07 Å². The van der Waals surface area contributed by atoms with Crippen LogP contribution in [0.2, 0.25) is 0 Å². The van der Waals surface area contributed by atoms with Gasteiger partial charge in [0.15, 0.2) is 0 Å². The number of hydrogen-bond donors (Lipinski definition) is 1. The number of piperidine rings is 1. The first-order valence-electron chi connectivity index (χ1n) is 10.7. The Labute approximate surface area is 184 Å². The molecule has 1 aromatic carbocycles. The molecular weight excluding hydrogens is 423 g/mol. The Bertz CT molecular complexity index is 947. The molecule has 2 aliphatic rings. The minimum atomic E-state index is -4.48. The number of carbonyl (C=O) groups is 1. The summed E-state index contributed by atoms with van der Waals surface area (Å²) in [4.78, 5) is 27.3. The summed E-state index contributed by atoms with van der Waals surface area (Å²) in [5.41, 5.74) is -0.780. The predicted octanol–water partition coefficient (Wildman–Crippen LogP) is 2.67. The van der Waals surface area contributed by atoms with Crippen molar-refractivity contribution in [3.8, 4) is 0 Å². The topological polar surface area (TPSA) is 72.8 Å². The lowest BCUT2D eigenvalue weighted by Gasteiger charge is -2.36. The number of hydrogen-bond acceptors (Lipinski definition) is 6. The summed E-state index contributed by atoms with van der Waals surface area (Å²) in [6, 6.07) is 6.47. The van der Waals surface area contributed by atoms with E-state index in [9.17, 15) is 23.1 Å². The van der Waals surface area contributed by atoms with Gasteiger partial charge in [-0.3, -0.25) is 4.79 Å². The van der Waals surface area contributed by atoms with Gasteiger partial charge in [0.25, 0.3) is 5.91 Å². The fourth-order valence-electron chi connectivity index (χ4n) is 4.25. The Morgan fingerprint density at radius 3 is 2.44 bits per heavy atom. The molecule has 7 nitrogen and oxygen atoms in total. The van der Waals surface area contributed by atoms with Crippen LogP contribution in [0, 0.1) is 5.92 Å². The van der Waals surface area contributed by atoms with Crippen LogP contribution in [0.3, 0.4) is 0 Å². The van der Waals surface area contributed by atoms with E-state index in [-0.39, 0.29) is 18.1 Å². The quantitative estimate of drug-likeness (QED) is 0.774. The number of benzene rings is 1. The van der Waals surface area contributed by atoms with Gasteiger partial charge in [-0.15, -0.1) is 0 Å². The van der Waals surface area contributed by atoms with Gasteiger partial charge in [0, 0.05) is 57.5 Å². The Kier molecular flexibility index (Phi) is 6.50. The third-order valence-corrected chi connectivity index (χ3v) is 6.07. The second-order valence-corrected chi connectivity index (χ2v) is 8.23. The van der Waals surface area contributed by atoms with E-state index in [2.05, 4.69) is 19.8 Å². The lowest BCUT2D eigenvalue weighted by Crippen LogP contribution is -2.49. The number of alkyl halides is 3. The largest absolute Gasteiger partial charge is 0.416 e. The van der Waals surface area contributed by atoms with Crippen LogP contribution in [0.1, 0.15) is 28.8 Å². The SMILES string of the molecule is O=C(c1cccc(C(F)(F)F)c1)N1CCN(c2cc(N3CCCC(CO)C3)ncn2)CC1. The summed E-state index contributed by atoms with van der Waals surface area (Å²) >= 11 is 0. The monoisotopic (exact) mass is 449 g/mol. The maximum Gasteiger partial charge on any atom is 0.416 e. The molecule has 0 aliphatic carbocycles. The molecule has 0 spiro atoms. The molecule has 4 rings (SSSR count). The molecule has 2 aromatic rings. The molecule has 0 bridgehead atoms. The van der Waals surface area contributed by atoms with E-state index in [0.29, 0.717) is 26.2 Å². The van der Waals surface area contributed by atoms with E-state index < -0.39 is 17.6 Å². The molecule has 0 saturated carbocycles. The first-order valence-corrected chi connectivity index (χ1v) is 10.7. The van der Waals surface area contributed by atoms with E-state index >= 15 is 0 Å². The molecule has 2 aliphatic heterocycles. The van der Waals surface area contributed by atoms with Crippen LogP contribution >= 0.6 is 0 Å². The van der Waals surface area contributed by atoms with Gasteiger partial charge < -0.3 is 19.8 Å². The van der Waals surface area contributed by atoms with Crippen molar-refractivity contribution in [2.75, 3.05) is 55.7 Å². The summed E-state index contributed by atoms with van der Waals surface area (Å²) in [7, 11) is 0. The third kappa shape index (κ3) is 4.95.